The van der Waals surface area contributed by atoms with Crippen molar-refractivity contribution in [3.63, 3.8) is 0 Å². The van der Waals surface area contributed by atoms with E-state index in [4.69, 9.17) is 0 Å². The molecule has 2 aromatic rings. The van der Waals surface area contributed by atoms with Gasteiger partial charge in [0.15, 0.2) is 0 Å². The second-order valence-electron chi connectivity index (χ2n) is 6.48. The van der Waals surface area contributed by atoms with Crippen LogP contribution < -0.4 is 10.2 Å². The van der Waals surface area contributed by atoms with E-state index < -0.39 is 0 Å². The van der Waals surface area contributed by atoms with Crippen LogP contribution in [0.5, 0.6) is 0 Å². The van der Waals surface area contributed by atoms with Gasteiger partial charge >= 0.3 is 0 Å². The van der Waals surface area contributed by atoms with Gasteiger partial charge in [-0.1, -0.05) is 30.3 Å². The number of carbonyl (C=O) groups is 1. The minimum atomic E-state index is -0.00475. The SMILES string of the molecule is CC(C)NC(=O)c1ccc(CN2CCCc3ccccc32)cc1. The number of anilines is 1. The number of carbonyl (C=O) groups excluding carboxylic acids is 1. The summed E-state index contributed by atoms with van der Waals surface area (Å²) in [5.74, 6) is -0.00475. The minimum absolute atomic E-state index is 0.00475. The molecule has 3 nitrogen and oxygen atoms in total. The lowest BCUT2D eigenvalue weighted by atomic mass is 10.0. The summed E-state index contributed by atoms with van der Waals surface area (Å²) in [6.07, 6.45) is 2.37. The summed E-state index contributed by atoms with van der Waals surface area (Å²) in [5.41, 5.74) is 4.75. The first-order chi connectivity index (χ1) is 11.1. The van der Waals surface area contributed by atoms with Gasteiger partial charge in [-0.3, -0.25) is 4.79 Å². The van der Waals surface area contributed by atoms with Gasteiger partial charge in [0, 0.05) is 30.4 Å². The molecule has 1 aliphatic rings. The molecule has 23 heavy (non-hydrogen) atoms. The monoisotopic (exact) mass is 308 g/mol. The summed E-state index contributed by atoms with van der Waals surface area (Å²) < 4.78 is 0. The van der Waals surface area contributed by atoms with E-state index in [1.54, 1.807) is 0 Å². The molecule has 0 atom stereocenters. The Morgan fingerprint density at radius 3 is 2.61 bits per heavy atom. The third-order valence-electron chi connectivity index (χ3n) is 4.22. The van der Waals surface area contributed by atoms with Crippen LogP contribution in [0.15, 0.2) is 48.5 Å². The molecule has 0 bridgehead atoms. The van der Waals surface area contributed by atoms with Crippen molar-refractivity contribution < 1.29 is 4.79 Å². The molecule has 0 spiro atoms. The summed E-state index contributed by atoms with van der Waals surface area (Å²) in [7, 11) is 0. The average molecular weight is 308 g/mol. The van der Waals surface area contributed by atoms with Crippen molar-refractivity contribution in [3.8, 4) is 0 Å². The number of rotatable bonds is 4. The van der Waals surface area contributed by atoms with Gasteiger partial charge in [-0.05, 0) is 56.0 Å². The molecule has 1 heterocycles. The molecule has 3 heteroatoms. The second-order valence-corrected chi connectivity index (χ2v) is 6.48. The zero-order valence-corrected chi connectivity index (χ0v) is 13.9. The number of amides is 1. The maximum absolute atomic E-state index is 12.0. The summed E-state index contributed by atoms with van der Waals surface area (Å²) in [4.78, 5) is 14.4. The van der Waals surface area contributed by atoms with Gasteiger partial charge in [-0.15, -0.1) is 0 Å². The highest BCUT2D eigenvalue weighted by Gasteiger charge is 2.16. The smallest absolute Gasteiger partial charge is 0.251 e. The van der Waals surface area contributed by atoms with Crippen molar-refractivity contribution in [1.29, 1.82) is 0 Å². The predicted molar refractivity (Wildman–Crippen MR) is 94.9 cm³/mol. The molecular weight excluding hydrogens is 284 g/mol. The lowest BCUT2D eigenvalue weighted by molar-refractivity contribution is 0.0943. The zero-order valence-electron chi connectivity index (χ0n) is 13.9. The Morgan fingerprint density at radius 2 is 1.87 bits per heavy atom. The van der Waals surface area contributed by atoms with Crippen LogP contribution in [0.3, 0.4) is 0 Å². The molecule has 0 fully saturated rings. The number of hydrogen-bond acceptors (Lipinski definition) is 2. The van der Waals surface area contributed by atoms with Crippen LogP contribution in [0.2, 0.25) is 0 Å². The normalized spacial score (nSPS) is 13.8. The second kappa shape index (κ2) is 6.86. The largest absolute Gasteiger partial charge is 0.367 e. The van der Waals surface area contributed by atoms with Crippen LogP contribution in [0.1, 0.15) is 41.8 Å². The van der Waals surface area contributed by atoms with Gasteiger partial charge in [-0.25, -0.2) is 0 Å². The summed E-state index contributed by atoms with van der Waals surface area (Å²) in [6.45, 7) is 5.93. The quantitative estimate of drug-likeness (QED) is 0.932. The fourth-order valence-corrected chi connectivity index (χ4v) is 3.10. The number of nitrogens with one attached hydrogen (secondary N) is 1. The molecular formula is C20H24N2O. The Hall–Kier alpha value is -2.29. The van der Waals surface area contributed by atoms with Gasteiger partial charge in [0.2, 0.25) is 0 Å². The Morgan fingerprint density at radius 1 is 1.13 bits per heavy atom. The fourth-order valence-electron chi connectivity index (χ4n) is 3.10. The van der Waals surface area contributed by atoms with Crippen LogP contribution in [-0.2, 0) is 13.0 Å². The minimum Gasteiger partial charge on any atom is -0.367 e. The van der Waals surface area contributed by atoms with E-state index in [0.29, 0.717) is 0 Å². The van der Waals surface area contributed by atoms with E-state index in [-0.39, 0.29) is 11.9 Å². The van der Waals surface area contributed by atoms with Crippen molar-refractivity contribution in [3.05, 3.63) is 65.2 Å². The highest BCUT2D eigenvalue weighted by Crippen LogP contribution is 2.28. The Labute approximate surface area is 138 Å². The van der Waals surface area contributed by atoms with Crippen molar-refractivity contribution >= 4 is 11.6 Å². The average Bonchev–Trinajstić information content (AvgIpc) is 2.55. The van der Waals surface area contributed by atoms with Crippen molar-refractivity contribution in [2.75, 3.05) is 11.4 Å². The summed E-state index contributed by atoms with van der Waals surface area (Å²) >= 11 is 0. The van der Waals surface area contributed by atoms with Gasteiger partial charge < -0.3 is 10.2 Å². The Bertz CT molecular complexity index is 676. The lowest BCUT2D eigenvalue weighted by Gasteiger charge is -2.31. The molecule has 0 saturated heterocycles. The summed E-state index contributed by atoms with van der Waals surface area (Å²) in [5, 5.41) is 2.92. The number of para-hydroxylation sites is 1. The molecule has 0 aromatic heterocycles. The number of benzene rings is 2. The molecule has 1 aliphatic heterocycles. The lowest BCUT2D eigenvalue weighted by Crippen LogP contribution is -2.30. The number of aryl methyl sites for hydroxylation is 1. The first-order valence-corrected chi connectivity index (χ1v) is 8.36. The summed E-state index contributed by atoms with van der Waals surface area (Å²) in [6, 6.07) is 16.8. The van der Waals surface area contributed by atoms with Crippen LogP contribution in [0, 0.1) is 0 Å². The number of fused-ring (bicyclic) bond motifs is 1. The highest BCUT2D eigenvalue weighted by molar-refractivity contribution is 5.94. The maximum Gasteiger partial charge on any atom is 0.251 e. The molecule has 0 radical (unpaired) electrons. The van der Waals surface area contributed by atoms with Crippen LogP contribution in [-0.4, -0.2) is 18.5 Å². The van der Waals surface area contributed by atoms with Gasteiger partial charge in [0.25, 0.3) is 5.91 Å². The third kappa shape index (κ3) is 3.73. The highest BCUT2D eigenvalue weighted by atomic mass is 16.1. The van der Waals surface area contributed by atoms with Crippen LogP contribution in [0.25, 0.3) is 0 Å². The van der Waals surface area contributed by atoms with E-state index >= 15 is 0 Å². The van der Waals surface area contributed by atoms with Gasteiger partial charge in [0.05, 0.1) is 0 Å². The predicted octanol–water partition coefficient (Wildman–Crippen LogP) is 3.78. The van der Waals surface area contributed by atoms with Crippen molar-refractivity contribution in [2.24, 2.45) is 0 Å². The van der Waals surface area contributed by atoms with Crippen LogP contribution in [0.4, 0.5) is 5.69 Å². The van der Waals surface area contributed by atoms with Crippen molar-refractivity contribution in [2.45, 2.75) is 39.3 Å². The molecule has 1 amide bonds. The molecule has 2 aromatic carbocycles. The molecule has 120 valence electrons. The maximum atomic E-state index is 12.0. The molecule has 0 saturated carbocycles. The molecule has 3 rings (SSSR count). The number of hydrogen-bond donors (Lipinski definition) is 1. The third-order valence-corrected chi connectivity index (χ3v) is 4.22. The first-order valence-electron chi connectivity index (χ1n) is 8.36. The molecule has 0 unspecified atom stereocenters. The van der Waals surface area contributed by atoms with E-state index in [1.807, 2.05) is 26.0 Å². The van der Waals surface area contributed by atoms with E-state index in [2.05, 4.69) is 46.6 Å². The molecule has 1 N–H and O–H groups in total. The Kier molecular flexibility index (Phi) is 4.65. The van der Waals surface area contributed by atoms with E-state index in [0.717, 1.165) is 18.7 Å². The van der Waals surface area contributed by atoms with E-state index in [9.17, 15) is 4.79 Å². The van der Waals surface area contributed by atoms with Gasteiger partial charge in [-0.2, -0.15) is 0 Å². The zero-order chi connectivity index (χ0) is 16.2. The standard InChI is InChI=1S/C20H24N2O/c1-15(2)21-20(23)18-11-9-16(10-12-18)14-22-13-5-7-17-6-3-4-8-19(17)22/h3-4,6,8-12,15H,5,7,13-14H2,1-2H3,(H,21,23). The topological polar surface area (TPSA) is 32.3 Å². The van der Waals surface area contributed by atoms with E-state index in [1.165, 1.54) is 29.7 Å². The fraction of sp³-hybridized carbons (Fsp3) is 0.350. The number of nitrogens with zero attached hydrogens (tertiary/aromatic N) is 1. The Balaban J connectivity index is 1.71. The van der Waals surface area contributed by atoms with Crippen molar-refractivity contribution in [1.82, 2.24) is 5.32 Å². The molecule has 0 aliphatic carbocycles. The first kappa shape index (κ1) is 15.6. The van der Waals surface area contributed by atoms with Crippen LogP contribution >= 0.6 is 0 Å². The van der Waals surface area contributed by atoms with Gasteiger partial charge in [0.1, 0.15) is 0 Å².